The number of oxime groups is 1. The van der Waals surface area contributed by atoms with Gasteiger partial charge in [-0.2, -0.15) is 0 Å². The standard InChI is InChI=1S/C12H18N4O/c1-2-9-4-6-16(8-9)10-3-5-14-11(7-10)12(13)15-17/h3,5,7,9,17H,2,4,6,8H2,1H3,(H2,13,15). The van der Waals surface area contributed by atoms with Gasteiger partial charge in [0.25, 0.3) is 0 Å². The van der Waals surface area contributed by atoms with E-state index in [0.29, 0.717) is 5.69 Å². The number of anilines is 1. The van der Waals surface area contributed by atoms with Gasteiger partial charge in [-0.3, -0.25) is 4.98 Å². The highest BCUT2D eigenvalue weighted by atomic mass is 16.4. The van der Waals surface area contributed by atoms with Gasteiger partial charge in [-0.25, -0.2) is 0 Å². The zero-order chi connectivity index (χ0) is 12.3. The van der Waals surface area contributed by atoms with Crippen molar-refractivity contribution in [2.24, 2.45) is 16.8 Å². The molecule has 1 aromatic heterocycles. The van der Waals surface area contributed by atoms with Crippen LogP contribution in [0.25, 0.3) is 0 Å². The number of rotatable bonds is 3. The van der Waals surface area contributed by atoms with Crippen molar-refractivity contribution < 1.29 is 5.21 Å². The topological polar surface area (TPSA) is 74.7 Å². The molecule has 0 radical (unpaired) electrons. The van der Waals surface area contributed by atoms with Gasteiger partial charge in [-0.05, 0) is 24.5 Å². The van der Waals surface area contributed by atoms with Crippen molar-refractivity contribution in [2.75, 3.05) is 18.0 Å². The summed E-state index contributed by atoms with van der Waals surface area (Å²) in [4.78, 5) is 6.40. The van der Waals surface area contributed by atoms with Crippen LogP contribution in [0.5, 0.6) is 0 Å². The third-order valence-corrected chi connectivity index (χ3v) is 3.34. The fourth-order valence-electron chi connectivity index (χ4n) is 2.21. The molecule has 1 aromatic rings. The van der Waals surface area contributed by atoms with Gasteiger partial charge in [0.2, 0.25) is 0 Å². The first kappa shape index (κ1) is 11.7. The van der Waals surface area contributed by atoms with Gasteiger partial charge in [0.1, 0.15) is 5.69 Å². The smallest absolute Gasteiger partial charge is 0.188 e. The molecule has 2 heterocycles. The Balaban J connectivity index is 2.17. The van der Waals surface area contributed by atoms with Crippen molar-refractivity contribution in [3.8, 4) is 0 Å². The molecule has 0 amide bonds. The number of nitrogens with zero attached hydrogens (tertiary/aromatic N) is 3. The second-order valence-electron chi connectivity index (χ2n) is 4.39. The molecule has 1 aliphatic rings. The summed E-state index contributed by atoms with van der Waals surface area (Å²) in [6.45, 7) is 4.37. The lowest BCUT2D eigenvalue weighted by Gasteiger charge is -2.18. The Labute approximate surface area is 101 Å². The summed E-state index contributed by atoms with van der Waals surface area (Å²) in [5, 5.41) is 11.6. The minimum Gasteiger partial charge on any atom is -0.409 e. The summed E-state index contributed by atoms with van der Waals surface area (Å²) in [5.74, 6) is 0.827. The van der Waals surface area contributed by atoms with Crippen LogP contribution < -0.4 is 10.6 Å². The first-order valence-corrected chi connectivity index (χ1v) is 5.93. The molecule has 0 aromatic carbocycles. The predicted molar refractivity (Wildman–Crippen MR) is 67.4 cm³/mol. The fraction of sp³-hybridized carbons (Fsp3) is 0.500. The van der Waals surface area contributed by atoms with E-state index < -0.39 is 0 Å². The lowest BCUT2D eigenvalue weighted by atomic mass is 10.1. The SMILES string of the molecule is CCC1CCN(c2ccnc(/C(N)=N/O)c2)C1. The van der Waals surface area contributed by atoms with Crippen LogP contribution in [-0.4, -0.2) is 29.1 Å². The van der Waals surface area contributed by atoms with E-state index in [1.54, 1.807) is 6.20 Å². The molecule has 5 nitrogen and oxygen atoms in total. The minimum absolute atomic E-state index is 0.0538. The Morgan fingerprint density at radius 3 is 3.18 bits per heavy atom. The van der Waals surface area contributed by atoms with E-state index in [2.05, 4.69) is 22.0 Å². The molecular formula is C12H18N4O. The number of aromatic nitrogens is 1. The van der Waals surface area contributed by atoms with Gasteiger partial charge in [0.15, 0.2) is 5.84 Å². The first-order chi connectivity index (χ1) is 8.24. The van der Waals surface area contributed by atoms with Crippen LogP contribution in [0.2, 0.25) is 0 Å². The Bertz CT molecular complexity index is 419. The van der Waals surface area contributed by atoms with E-state index in [1.165, 1.54) is 12.8 Å². The monoisotopic (exact) mass is 234 g/mol. The Morgan fingerprint density at radius 1 is 1.71 bits per heavy atom. The van der Waals surface area contributed by atoms with Gasteiger partial charge < -0.3 is 15.8 Å². The average molecular weight is 234 g/mol. The fourth-order valence-corrected chi connectivity index (χ4v) is 2.21. The molecular weight excluding hydrogens is 216 g/mol. The van der Waals surface area contributed by atoms with Crippen molar-refractivity contribution in [2.45, 2.75) is 19.8 Å². The quantitative estimate of drug-likeness (QED) is 0.359. The van der Waals surface area contributed by atoms with Crippen LogP contribution in [0.4, 0.5) is 5.69 Å². The summed E-state index contributed by atoms with van der Waals surface area (Å²) in [6.07, 6.45) is 4.15. The number of hydrogen-bond acceptors (Lipinski definition) is 4. The van der Waals surface area contributed by atoms with Crippen molar-refractivity contribution >= 4 is 11.5 Å². The van der Waals surface area contributed by atoms with Crippen LogP contribution in [0.15, 0.2) is 23.5 Å². The number of amidine groups is 1. The first-order valence-electron chi connectivity index (χ1n) is 5.93. The van der Waals surface area contributed by atoms with Crippen molar-refractivity contribution in [1.29, 1.82) is 0 Å². The molecule has 1 atom stereocenters. The Kier molecular flexibility index (Phi) is 3.46. The van der Waals surface area contributed by atoms with E-state index >= 15 is 0 Å². The lowest BCUT2D eigenvalue weighted by molar-refractivity contribution is 0.318. The minimum atomic E-state index is 0.0538. The van der Waals surface area contributed by atoms with E-state index in [-0.39, 0.29) is 5.84 Å². The van der Waals surface area contributed by atoms with E-state index in [0.717, 1.165) is 24.7 Å². The van der Waals surface area contributed by atoms with Gasteiger partial charge in [0.05, 0.1) is 0 Å². The molecule has 1 fully saturated rings. The van der Waals surface area contributed by atoms with Gasteiger partial charge in [-0.15, -0.1) is 0 Å². The molecule has 1 aliphatic heterocycles. The highest BCUT2D eigenvalue weighted by Crippen LogP contribution is 2.25. The average Bonchev–Trinajstić information content (AvgIpc) is 2.86. The zero-order valence-corrected chi connectivity index (χ0v) is 10.0. The number of pyridine rings is 1. The maximum atomic E-state index is 8.63. The normalized spacial score (nSPS) is 20.9. The molecule has 5 heteroatoms. The molecule has 2 rings (SSSR count). The molecule has 92 valence electrons. The summed E-state index contributed by atoms with van der Waals surface area (Å²) in [5.41, 5.74) is 7.15. The van der Waals surface area contributed by atoms with Gasteiger partial charge in [0, 0.05) is 25.0 Å². The second-order valence-corrected chi connectivity index (χ2v) is 4.39. The molecule has 1 unspecified atom stereocenters. The van der Waals surface area contributed by atoms with Crippen LogP contribution >= 0.6 is 0 Å². The van der Waals surface area contributed by atoms with Crippen molar-refractivity contribution in [1.82, 2.24) is 4.98 Å². The highest BCUT2D eigenvalue weighted by Gasteiger charge is 2.21. The molecule has 0 spiro atoms. The third-order valence-electron chi connectivity index (χ3n) is 3.34. The van der Waals surface area contributed by atoms with Crippen LogP contribution in [0, 0.1) is 5.92 Å². The molecule has 3 N–H and O–H groups in total. The van der Waals surface area contributed by atoms with E-state index in [1.807, 2.05) is 12.1 Å². The maximum absolute atomic E-state index is 8.63. The predicted octanol–water partition coefficient (Wildman–Crippen LogP) is 1.41. The van der Waals surface area contributed by atoms with Crippen molar-refractivity contribution in [3.63, 3.8) is 0 Å². The Hall–Kier alpha value is -1.78. The van der Waals surface area contributed by atoms with E-state index in [4.69, 9.17) is 10.9 Å². The Morgan fingerprint density at radius 2 is 2.53 bits per heavy atom. The number of hydrogen-bond donors (Lipinski definition) is 2. The molecule has 17 heavy (non-hydrogen) atoms. The van der Waals surface area contributed by atoms with Gasteiger partial charge in [-0.1, -0.05) is 18.5 Å². The summed E-state index contributed by atoms with van der Waals surface area (Å²) in [7, 11) is 0. The second kappa shape index (κ2) is 5.03. The molecule has 0 aliphatic carbocycles. The van der Waals surface area contributed by atoms with Crippen LogP contribution in [0.1, 0.15) is 25.5 Å². The van der Waals surface area contributed by atoms with Crippen LogP contribution in [-0.2, 0) is 0 Å². The maximum Gasteiger partial charge on any atom is 0.188 e. The highest BCUT2D eigenvalue weighted by molar-refractivity contribution is 5.95. The summed E-state index contributed by atoms with van der Waals surface area (Å²) >= 11 is 0. The van der Waals surface area contributed by atoms with E-state index in [9.17, 15) is 0 Å². The zero-order valence-electron chi connectivity index (χ0n) is 10.0. The summed E-state index contributed by atoms with van der Waals surface area (Å²) < 4.78 is 0. The summed E-state index contributed by atoms with van der Waals surface area (Å²) in [6, 6.07) is 3.83. The van der Waals surface area contributed by atoms with Crippen LogP contribution in [0.3, 0.4) is 0 Å². The van der Waals surface area contributed by atoms with Gasteiger partial charge >= 0.3 is 0 Å². The number of nitrogens with two attached hydrogens (primary N) is 1. The van der Waals surface area contributed by atoms with Crippen molar-refractivity contribution in [3.05, 3.63) is 24.0 Å². The molecule has 1 saturated heterocycles. The molecule has 0 saturated carbocycles. The largest absolute Gasteiger partial charge is 0.409 e. The third kappa shape index (κ3) is 2.49. The molecule has 0 bridgehead atoms. The lowest BCUT2D eigenvalue weighted by Crippen LogP contribution is -2.21.